The number of hydrogen-bond acceptors (Lipinski definition) is 9. The quantitative estimate of drug-likeness (QED) is 0.0526. The molecule has 0 saturated carbocycles. The molecule has 5 aromatic carbocycles. The van der Waals surface area contributed by atoms with Crippen LogP contribution in [0.15, 0.2) is 134 Å². The summed E-state index contributed by atoms with van der Waals surface area (Å²) in [4.78, 5) is 45.3. The van der Waals surface area contributed by atoms with Crippen LogP contribution in [-0.4, -0.2) is 69.7 Å². The van der Waals surface area contributed by atoms with Gasteiger partial charge in [-0.3, -0.25) is 24.4 Å². The van der Waals surface area contributed by atoms with Crippen LogP contribution in [0.2, 0.25) is 18.6 Å². The molecule has 1 fully saturated rings. The van der Waals surface area contributed by atoms with Crippen LogP contribution in [0.4, 0.5) is 17.1 Å². The van der Waals surface area contributed by atoms with Gasteiger partial charge in [-0.15, -0.1) is 5.10 Å². The second kappa shape index (κ2) is 17.6. The summed E-state index contributed by atoms with van der Waals surface area (Å²) in [6.07, 6.45) is 3.94. The molecule has 2 aliphatic rings. The molecule has 2 aromatic heterocycles. The molecule has 5 atom stereocenters. The molecule has 15 heteroatoms. The van der Waals surface area contributed by atoms with Crippen molar-refractivity contribution >= 4 is 53.0 Å². The van der Waals surface area contributed by atoms with E-state index in [4.69, 9.17) is 9.47 Å². The first-order valence-electron chi connectivity index (χ1n) is 21.8. The minimum Gasteiger partial charge on any atom is -0.497 e. The summed E-state index contributed by atoms with van der Waals surface area (Å²) in [5.41, 5.74) is 4.14. The predicted molar refractivity (Wildman–Crippen MR) is 251 cm³/mol. The highest BCUT2D eigenvalue weighted by atomic mass is 28.3. The molecule has 14 nitrogen and oxygen atoms in total. The maximum atomic E-state index is 15.4. The van der Waals surface area contributed by atoms with Gasteiger partial charge in [-0.25, -0.2) is 0 Å². The fourth-order valence-corrected chi connectivity index (χ4v) is 14.3. The number of fused-ring (bicyclic) bond motifs is 3. The van der Waals surface area contributed by atoms with Crippen molar-refractivity contribution in [2.45, 2.75) is 69.1 Å². The first-order chi connectivity index (χ1) is 31.4. The third-order valence-electron chi connectivity index (χ3n) is 13.6. The Morgan fingerprint density at radius 3 is 2.48 bits per heavy atom. The van der Waals surface area contributed by atoms with Gasteiger partial charge in [0, 0.05) is 59.1 Å². The maximum Gasteiger partial charge on any atom is 0.269 e. The zero-order valence-corrected chi connectivity index (χ0v) is 37.7. The molecule has 0 radical (unpaired) electrons. The number of H-pyrrole nitrogens is 1. The van der Waals surface area contributed by atoms with E-state index in [1.807, 2.05) is 103 Å². The van der Waals surface area contributed by atoms with Crippen LogP contribution in [-0.2, 0) is 39.4 Å². The summed E-state index contributed by atoms with van der Waals surface area (Å²) >= 11 is 0. The van der Waals surface area contributed by atoms with Gasteiger partial charge in [0.25, 0.3) is 11.6 Å². The van der Waals surface area contributed by atoms with Gasteiger partial charge >= 0.3 is 0 Å². The summed E-state index contributed by atoms with van der Waals surface area (Å²) in [5, 5.41) is 36.8. The topological polar surface area (TPSA) is 178 Å². The Bertz CT molecular complexity index is 2870. The van der Waals surface area contributed by atoms with Gasteiger partial charge in [0.05, 0.1) is 63.1 Å². The molecule has 3 N–H and O–H groups in total. The van der Waals surface area contributed by atoms with Crippen LogP contribution in [0, 0.1) is 16.0 Å². The summed E-state index contributed by atoms with van der Waals surface area (Å²) < 4.78 is 14.5. The Labute approximate surface area is 377 Å². The molecule has 7 aromatic rings. The van der Waals surface area contributed by atoms with Crippen LogP contribution >= 0.6 is 0 Å². The number of aromatic nitrogens is 4. The Morgan fingerprint density at radius 2 is 1.75 bits per heavy atom. The van der Waals surface area contributed by atoms with E-state index >= 15 is 4.79 Å². The van der Waals surface area contributed by atoms with Crippen molar-refractivity contribution in [1.29, 1.82) is 0 Å². The molecule has 1 saturated heterocycles. The minimum absolute atomic E-state index is 0.125. The van der Waals surface area contributed by atoms with Crippen molar-refractivity contribution in [2.24, 2.45) is 5.92 Å². The van der Waals surface area contributed by atoms with Crippen molar-refractivity contribution in [3.05, 3.63) is 172 Å². The van der Waals surface area contributed by atoms with Gasteiger partial charge in [-0.05, 0) is 65.1 Å². The van der Waals surface area contributed by atoms with Crippen molar-refractivity contribution in [2.75, 3.05) is 23.9 Å². The second-order valence-corrected chi connectivity index (χ2v) is 22.3. The first-order valence-corrected chi connectivity index (χ1v) is 24.9. The van der Waals surface area contributed by atoms with E-state index in [2.05, 4.69) is 52.8 Å². The monoisotopic (exact) mass is 889 g/mol. The first kappa shape index (κ1) is 43.3. The Balaban J connectivity index is 1.01. The fraction of sp³-hybridized carbons (Fsp3) is 0.280. The molecule has 2 aliphatic heterocycles. The normalized spacial score (nSPS) is 19.7. The number of hydrogen-bond donors (Lipinski definition) is 3. The van der Waals surface area contributed by atoms with Crippen molar-refractivity contribution in [3.63, 3.8) is 0 Å². The number of aliphatic hydroxyl groups excluding tert-OH is 1. The number of para-hydroxylation sites is 1. The number of benzene rings is 5. The van der Waals surface area contributed by atoms with Crippen molar-refractivity contribution in [3.8, 4) is 5.75 Å². The molecule has 1 unspecified atom stereocenters. The van der Waals surface area contributed by atoms with E-state index in [-0.39, 0.29) is 48.5 Å². The highest BCUT2D eigenvalue weighted by Gasteiger charge is 2.66. The van der Waals surface area contributed by atoms with E-state index in [9.17, 15) is 20.0 Å². The van der Waals surface area contributed by atoms with E-state index in [1.54, 1.807) is 22.8 Å². The average molecular weight is 890 g/mol. The standard InChI is InChI=1S/C50H51N7O7Si/c1-32-48(65(3,4)39-21-19-38(63-2)20-22-39)46(24-25-55-30-44(53-54-55)41(31-58)34-10-6-5-7-11-34)64-50(32)42-27-37(57(61)62)18-23-45(42)56(49(50)60)29-33-14-16-36(17-15-33)52-47(59)26-35-28-51-43-13-9-8-12-40(35)43/h5-23,27-28,30,32,41,46,48,51,58H,24-26,29,31H2,1-4H3,(H,52,59)/t32-,41?,46+,48-,50+/m0/s1. The minimum atomic E-state index is -2.54. The summed E-state index contributed by atoms with van der Waals surface area (Å²) in [6.45, 7) is 7.10. The predicted octanol–water partition coefficient (Wildman–Crippen LogP) is 7.83. The molecule has 0 bridgehead atoms. The largest absolute Gasteiger partial charge is 0.497 e. The number of ether oxygens (including phenoxy) is 2. The Kier molecular flexibility index (Phi) is 11.7. The van der Waals surface area contributed by atoms with Crippen LogP contribution < -0.4 is 20.1 Å². The smallest absolute Gasteiger partial charge is 0.269 e. The molecule has 2 amide bonds. The average Bonchev–Trinajstić information content (AvgIpc) is 4.08. The molecular formula is C50H51N7O7Si. The number of nitro groups is 1. The third-order valence-corrected chi connectivity index (χ3v) is 17.9. The number of carbonyl (C=O) groups is 2. The molecule has 4 heterocycles. The van der Waals surface area contributed by atoms with Gasteiger partial charge in [0.2, 0.25) is 5.91 Å². The summed E-state index contributed by atoms with van der Waals surface area (Å²) in [5.74, 6) is -0.430. The highest BCUT2D eigenvalue weighted by molar-refractivity contribution is 6.91. The lowest BCUT2D eigenvalue weighted by atomic mass is 9.82. The molecule has 65 heavy (non-hydrogen) atoms. The lowest BCUT2D eigenvalue weighted by Gasteiger charge is -2.37. The highest BCUT2D eigenvalue weighted by Crippen LogP contribution is 2.60. The SMILES string of the molecule is COc1ccc([Si](C)(C)[C@@H]2[C@@H](CCn3cc(C(CO)c4ccccc4)nn3)O[C@]3(C(=O)N(Cc4ccc(NC(=O)Cc5c[nH]c6ccccc56)cc4)c4ccc([N+](=O)[O-])cc43)[C@H]2C)cc1. The fourth-order valence-electron chi connectivity index (χ4n) is 10.3. The number of aromatic amines is 1. The lowest BCUT2D eigenvalue weighted by Crippen LogP contribution is -2.51. The Hall–Kier alpha value is -6.94. The summed E-state index contributed by atoms with van der Waals surface area (Å²) in [7, 11) is -0.904. The van der Waals surface area contributed by atoms with E-state index in [0.29, 0.717) is 35.6 Å². The number of carbonyl (C=O) groups excluding carboxylic acids is 2. The number of non-ortho nitro benzene ring substituents is 1. The van der Waals surface area contributed by atoms with Gasteiger partial charge in [-0.1, -0.05) is 103 Å². The number of aliphatic hydroxyl groups is 1. The van der Waals surface area contributed by atoms with E-state index in [0.717, 1.165) is 38.5 Å². The molecule has 9 rings (SSSR count). The third kappa shape index (κ3) is 8.00. The van der Waals surface area contributed by atoms with Crippen LogP contribution in [0.5, 0.6) is 5.75 Å². The number of anilines is 2. The zero-order valence-electron chi connectivity index (χ0n) is 36.7. The van der Waals surface area contributed by atoms with Gasteiger partial charge in [0.1, 0.15) is 5.75 Å². The zero-order chi connectivity index (χ0) is 45.5. The van der Waals surface area contributed by atoms with Crippen LogP contribution in [0.1, 0.15) is 47.2 Å². The molecular weight excluding hydrogens is 839 g/mol. The number of nitrogens with zero attached hydrogens (tertiary/aromatic N) is 5. The van der Waals surface area contributed by atoms with Crippen molar-refractivity contribution < 1.29 is 29.1 Å². The molecule has 0 aliphatic carbocycles. The number of rotatable bonds is 15. The van der Waals surface area contributed by atoms with Crippen LogP contribution in [0.3, 0.4) is 0 Å². The van der Waals surface area contributed by atoms with Crippen LogP contribution in [0.25, 0.3) is 10.9 Å². The number of nitrogens with one attached hydrogen (secondary N) is 2. The molecule has 1 spiro atoms. The second-order valence-electron chi connectivity index (χ2n) is 17.6. The van der Waals surface area contributed by atoms with Gasteiger partial charge < -0.3 is 29.8 Å². The summed E-state index contributed by atoms with van der Waals surface area (Å²) in [6, 6.07) is 37.6. The number of aryl methyl sites for hydroxylation is 1. The van der Waals surface area contributed by atoms with Gasteiger partial charge in [-0.2, -0.15) is 0 Å². The number of amides is 2. The lowest BCUT2D eigenvalue weighted by molar-refractivity contribution is -0.385. The number of methoxy groups -OCH3 is 1. The maximum absolute atomic E-state index is 15.4. The number of nitro benzene ring substituents is 1. The van der Waals surface area contributed by atoms with Gasteiger partial charge in [0.15, 0.2) is 5.60 Å². The Morgan fingerprint density at radius 1 is 1.02 bits per heavy atom. The van der Waals surface area contributed by atoms with E-state index in [1.165, 1.54) is 12.1 Å². The van der Waals surface area contributed by atoms with Crippen molar-refractivity contribution in [1.82, 2.24) is 20.0 Å². The molecule has 332 valence electrons. The van der Waals surface area contributed by atoms with E-state index < -0.39 is 30.6 Å².